The van der Waals surface area contributed by atoms with Crippen LogP contribution in [0.15, 0.2) is 100 Å². The predicted octanol–water partition coefficient (Wildman–Crippen LogP) is 6.78. The number of thioether (sulfide) groups is 1. The molecule has 3 aromatic carbocycles. The Bertz CT molecular complexity index is 806. The minimum atomic E-state index is 0.861. The molecule has 0 saturated heterocycles. The molecule has 0 fully saturated rings. The van der Waals surface area contributed by atoms with Crippen molar-refractivity contribution in [1.82, 2.24) is 0 Å². The van der Waals surface area contributed by atoms with Gasteiger partial charge in [0.2, 0.25) is 0 Å². The lowest BCUT2D eigenvalue weighted by atomic mass is 10.1. The van der Waals surface area contributed by atoms with Crippen LogP contribution in [0.1, 0.15) is 13.8 Å². The van der Waals surface area contributed by atoms with Crippen molar-refractivity contribution in [2.45, 2.75) is 18.7 Å². The van der Waals surface area contributed by atoms with Gasteiger partial charge in [0.15, 0.2) is 0 Å². The van der Waals surface area contributed by atoms with Crippen LogP contribution in [0.4, 0.5) is 0 Å². The summed E-state index contributed by atoms with van der Waals surface area (Å²) in [5.74, 6) is 1.79. The highest BCUT2D eigenvalue weighted by Gasteiger charge is 2.04. The number of hydrogen-bond acceptors (Lipinski definition) is 2. The van der Waals surface area contributed by atoms with Crippen molar-refractivity contribution in [3.63, 3.8) is 0 Å². The molecule has 0 N–H and O–H groups in total. The molecule has 0 amide bonds. The molecule has 3 aromatic rings. The summed E-state index contributed by atoms with van der Waals surface area (Å²) in [7, 11) is 0. The first-order valence-electron chi connectivity index (χ1n) is 7.96. The third-order valence-electron chi connectivity index (χ3n) is 3.74. The molecule has 0 radical (unpaired) electrons. The Balaban J connectivity index is 1.70. The lowest BCUT2D eigenvalue weighted by Crippen LogP contribution is -1.93. The molecule has 24 heavy (non-hydrogen) atoms. The second-order valence-electron chi connectivity index (χ2n) is 5.52. The summed E-state index contributed by atoms with van der Waals surface area (Å²) in [6.45, 7) is 4.10. The Morgan fingerprint density at radius 2 is 1.21 bits per heavy atom. The Hall–Kier alpha value is -2.45. The minimum absolute atomic E-state index is 0.861. The Kier molecular flexibility index (Phi) is 5.39. The maximum absolute atomic E-state index is 6.00. The van der Waals surface area contributed by atoms with Crippen LogP contribution in [0.3, 0.4) is 0 Å². The van der Waals surface area contributed by atoms with Gasteiger partial charge < -0.3 is 4.74 Å². The van der Waals surface area contributed by atoms with Crippen LogP contribution in [0.2, 0.25) is 0 Å². The maximum Gasteiger partial charge on any atom is 0.126 e. The van der Waals surface area contributed by atoms with Gasteiger partial charge in [-0.3, -0.25) is 0 Å². The monoisotopic (exact) mass is 332 g/mol. The van der Waals surface area contributed by atoms with Crippen LogP contribution >= 0.6 is 11.8 Å². The third-order valence-corrected chi connectivity index (χ3v) is 4.84. The topological polar surface area (TPSA) is 9.23 Å². The molecule has 0 aliphatic heterocycles. The second kappa shape index (κ2) is 7.89. The van der Waals surface area contributed by atoms with Crippen molar-refractivity contribution >= 4 is 11.8 Å². The summed E-state index contributed by atoms with van der Waals surface area (Å²) in [4.78, 5) is 2.38. The number of hydrogen-bond donors (Lipinski definition) is 0. The molecule has 0 atom stereocenters. The first-order chi connectivity index (χ1) is 11.7. The van der Waals surface area contributed by atoms with Gasteiger partial charge in [-0.2, -0.15) is 0 Å². The summed E-state index contributed by atoms with van der Waals surface area (Å²) in [6.07, 6.45) is 0. The summed E-state index contributed by atoms with van der Waals surface area (Å²) in [5, 5.41) is 0. The summed E-state index contributed by atoms with van der Waals surface area (Å²) in [6, 6.07) is 28.9. The van der Waals surface area contributed by atoms with E-state index in [-0.39, 0.29) is 0 Å². The van der Waals surface area contributed by atoms with E-state index in [1.807, 2.05) is 43.3 Å². The second-order valence-corrected chi connectivity index (χ2v) is 6.81. The molecule has 0 aromatic heterocycles. The summed E-state index contributed by atoms with van der Waals surface area (Å²) in [5.41, 5.74) is 2.41. The lowest BCUT2D eigenvalue weighted by molar-refractivity contribution is 0.425. The van der Waals surface area contributed by atoms with Gasteiger partial charge >= 0.3 is 0 Å². The molecule has 0 heterocycles. The van der Waals surface area contributed by atoms with Crippen molar-refractivity contribution in [2.24, 2.45) is 0 Å². The normalized spacial score (nSPS) is 11.8. The fourth-order valence-corrected chi connectivity index (χ4v) is 3.16. The van der Waals surface area contributed by atoms with Gasteiger partial charge in [-0.05, 0) is 49.2 Å². The molecule has 3 rings (SSSR count). The van der Waals surface area contributed by atoms with Gasteiger partial charge in [-0.25, -0.2) is 0 Å². The van der Waals surface area contributed by atoms with Gasteiger partial charge in [0.05, 0.1) is 0 Å². The van der Waals surface area contributed by atoms with Crippen LogP contribution in [0.25, 0.3) is 11.1 Å². The lowest BCUT2D eigenvalue weighted by Gasteiger charge is -2.10. The van der Waals surface area contributed by atoms with Crippen molar-refractivity contribution < 1.29 is 4.74 Å². The first kappa shape index (κ1) is 16.4. The van der Waals surface area contributed by atoms with Gasteiger partial charge in [-0.1, -0.05) is 72.4 Å². The Labute approximate surface area is 148 Å². The molecular formula is C22H20OS. The van der Waals surface area contributed by atoms with Crippen LogP contribution in [-0.4, -0.2) is 0 Å². The zero-order valence-corrected chi connectivity index (χ0v) is 14.7. The summed E-state index contributed by atoms with van der Waals surface area (Å²) >= 11 is 1.73. The molecule has 1 nitrogen and oxygen atoms in total. The largest absolute Gasteiger partial charge is 0.461 e. The molecule has 2 heteroatoms. The van der Waals surface area contributed by atoms with Crippen molar-refractivity contribution in [2.75, 3.05) is 0 Å². The van der Waals surface area contributed by atoms with E-state index in [1.54, 1.807) is 11.8 Å². The highest BCUT2D eigenvalue weighted by Crippen LogP contribution is 2.30. The number of allylic oxidation sites excluding steroid dienone is 2. The fourth-order valence-electron chi connectivity index (χ4n) is 2.33. The van der Waals surface area contributed by atoms with E-state index in [0.717, 1.165) is 16.4 Å². The maximum atomic E-state index is 6.00. The van der Waals surface area contributed by atoms with Crippen LogP contribution in [0, 0.1) is 0 Å². The molecule has 120 valence electrons. The van der Waals surface area contributed by atoms with E-state index in [9.17, 15) is 0 Å². The quantitative estimate of drug-likeness (QED) is 0.376. The smallest absolute Gasteiger partial charge is 0.126 e. The minimum Gasteiger partial charge on any atom is -0.461 e. The zero-order chi connectivity index (χ0) is 16.8. The third kappa shape index (κ3) is 4.30. The van der Waals surface area contributed by atoms with Gasteiger partial charge in [0.1, 0.15) is 11.5 Å². The predicted molar refractivity (Wildman–Crippen MR) is 103 cm³/mol. The molecule has 0 aliphatic rings. The van der Waals surface area contributed by atoms with Crippen molar-refractivity contribution in [3.05, 3.63) is 95.6 Å². The van der Waals surface area contributed by atoms with Gasteiger partial charge in [0, 0.05) is 9.80 Å². The molecular weight excluding hydrogens is 312 g/mol. The van der Waals surface area contributed by atoms with Crippen LogP contribution in [-0.2, 0) is 0 Å². The Morgan fingerprint density at radius 1 is 0.667 bits per heavy atom. The average molecular weight is 332 g/mol. The first-order valence-corrected chi connectivity index (χ1v) is 8.78. The number of rotatable bonds is 5. The molecule has 0 aliphatic carbocycles. The highest BCUT2D eigenvalue weighted by molar-refractivity contribution is 8.03. The van der Waals surface area contributed by atoms with E-state index in [1.165, 1.54) is 16.0 Å². The van der Waals surface area contributed by atoms with Crippen molar-refractivity contribution in [3.8, 4) is 16.9 Å². The van der Waals surface area contributed by atoms with Crippen molar-refractivity contribution in [1.29, 1.82) is 0 Å². The van der Waals surface area contributed by atoms with E-state index in [4.69, 9.17) is 4.74 Å². The standard InChI is InChI=1S/C22H20OS/c1-17(18(2)24-22-11-7-4-8-12-22)23-21-15-13-20(14-16-21)19-9-5-3-6-10-19/h3-16H,1-2H3/b18-17+. The average Bonchev–Trinajstić information content (AvgIpc) is 2.64. The number of ether oxygens (including phenoxy) is 1. The van der Waals surface area contributed by atoms with E-state index >= 15 is 0 Å². The summed E-state index contributed by atoms with van der Waals surface area (Å²) < 4.78 is 6.00. The highest BCUT2D eigenvalue weighted by atomic mass is 32.2. The zero-order valence-electron chi connectivity index (χ0n) is 13.9. The number of benzene rings is 3. The molecule has 0 spiro atoms. The van der Waals surface area contributed by atoms with Crippen LogP contribution in [0.5, 0.6) is 5.75 Å². The van der Waals surface area contributed by atoms with Crippen LogP contribution < -0.4 is 4.74 Å². The Morgan fingerprint density at radius 3 is 1.83 bits per heavy atom. The molecule has 0 unspecified atom stereocenters. The van der Waals surface area contributed by atoms with E-state index < -0.39 is 0 Å². The van der Waals surface area contributed by atoms with E-state index in [0.29, 0.717) is 0 Å². The van der Waals surface area contributed by atoms with E-state index in [2.05, 4.69) is 55.5 Å². The van der Waals surface area contributed by atoms with Gasteiger partial charge in [0.25, 0.3) is 0 Å². The molecule has 0 saturated carbocycles. The van der Waals surface area contributed by atoms with Gasteiger partial charge in [-0.15, -0.1) is 0 Å². The SMILES string of the molecule is C/C(Oc1ccc(-c2ccccc2)cc1)=C(/C)Sc1ccccc1. The fraction of sp³-hybridized carbons (Fsp3) is 0.0909. The molecule has 0 bridgehead atoms.